The van der Waals surface area contributed by atoms with Crippen LogP contribution in [-0.2, 0) is 0 Å². The lowest BCUT2D eigenvalue weighted by Crippen LogP contribution is -1.93. The molecule has 1 aromatic carbocycles. The third kappa shape index (κ3) is 1.41. The van der Waals surface area contributed by atoms with E-state index in [4.69, 9.17) is 16.3 Å². The fourth-order valence-corrected chi connectivity index (χ4v) is 0.998. The number of ether oxygens (including phenoxy) is 1. The van der Waals surface area contributed by atoms with Crippen LogP contribution in [0, 0.1) is 19.0 Å². The molecule has 0 unspecified atom stereocenters. The Balaban J connectivity index is 3.24. The second-order valence-electron chi connectivity index (χ2n) is 2.20. The van der Waals surface area contributed by atoms with Gasteiger partial charge in [-0.15, -0.1) is 6.42 Å². The summed E-state index contributed by atoms with van der Waals surface area (Å²) in [4.78, 5) is 0. The zero-order chi connectivity index (χ0) is 8.97. The number of benzene rings is 1. The molecule has 0 saturated heterocycles. The van der Waals surface area contributed by atoms with Gasteiger partial charge in [-0.1, -0.05) is 18.1 Å². The van der Waals surface area contributed by atoms with Crippen molar-refractivity contribution in [1.29, 1.82) is 0 Å². The minimum Gasteiger partial charge on any atom is -0.495 e. The van der Waals surface area contributed by atoms with Crippen molar-refractivity contribution in [2.24, 2.45) is 0 Å². The van der Waals surface area contributed by atoms with Crippen molar-refractivity contribution in [3.63, 3.8) is 0 Å². The molecule has 0 bridgehead atoms. The Morgan fingerprint density at radius 3 is 2.83 bits per heavy atom. The SMILES string of the molecule is C#Cc1cccc([CH]O)c1OC. The predicted octanol–water partition coefficient (Wildman–Crippen LogP) is 1.56. The molecule has 0 fully saturated rings. The van der Waals surface area contributed by atoms with Crippen molar-refractivity contribution in [2.75, 3.05) is 7.11 Å². The van der Waals surface area contributed by atoms with Gasteiger partial charge in [0, 0.05) is 5.56 Å². The summed E-state index contributed by atoms with van der Waals surface area (Å²) in [5.74, 6) is 3.00. The molecule has 0 atom stereocenters. The predicted molar refractivity (Wildman–Crippen MR) is 46.3 cm³/mol. The van der Waals surface area contributed by atoms with Crippen molar-refractivity contribution in [1.82, 2.24) is 0 Å². The summed E-state index contributed by atoms with van der Waals surface area (Å²) < 4.78 is 5.02. The maximum Gasteiger partial charge on any atom is 0.140 e. The summed E-state index contributed by atoms with van der Waals surface area (Å²) >= 11 is 0. The molecule has 0 spiro atoms. The Morgan fingerprint density at radius 1 is 1.58 bits per heavy atom. The van der Waals surface area contributed by atoms with Gasteiger partial charge in [-0.3, -0.25) is 0 Å². The lowest BCUT2D eigenvalue weighted by Gasteiger charge is -2.06. The summed E-state index contributed by atoms with van der Waals surface area (Å²) in [5.41, 5.74) is 1.23. The van der Waals surface area contributed by atoms with E-state index in [1.807, 2.05) is 0 Å². The summed E-state index contributed by atoms with van der Waals surface area (Å²) in [5, 5.41) is 8.80. The summed E-state index contributed by atoms with van der Waals surface area (Å²) in [7, 11) is 1.52. The van der Waals surface area contributed by atoms with E-state index in [0.717, 1.165) is 6.61 Å². The van der Waals surface area contributed by atoms with Crippen LogP contribution in [0.1, 0.15) is 11.1 Å². The molecule has 0 amide bonds. The van der Waals surface area contributed by atoms with Gasteiger partial charge in [0.2, 0.25) is 0 Å². The number of para-hydroxylation sites is 1. The van der Waals surface area contributed by atoms with E-state index in [0.29, 0.717) is 16.9 Å². The van der Waals surface area contributed by atoms with Gasteiger partial charge in [-0.05, 0) is 6.07 Å². The van der Waals surface area contributed by atoms with Crippen molar-refractivity contribution in [2.45, 2.75) is 0 Å². The monoisotopic (exact) mass is 161 g/mol. The van der Waals surface area contributed by atoms with E-state index in [2.05, 4.69) is 5.92 Å². The van der Waals surface area contributed by atoms with Crippen LogP contribution in [0.4, 0.5) is 0 Å². The van der Waals surface area contributed by atoms with Gasteiger partial charge < -0.3 is 9.84 Å². The molecule has 0 aliphatic rings. The van der Waals surface area contributed by atoms with Crippen LogP contribution >= 0.6 is 0 Å². The molecule has 2 heteroatoms. The van der Waals surface area contributed by atoms with Crippen molar-refractivity contribution in [3.05, 3.63) is 35.9 Å². The second-order valence-corrected chi connectivity index (χ2v) is 2.20. The van der Waals surface area contributed by atoms with Crippen molar-refractivity contribution < 1.29 is 9.84 Å². The lowest BCUT2D eigenvalue weighted by atomic mass is 10.1. The van der Waals surface area contributed by atoms with Crippen LogP contribution in [0.5, 0.6) is 5.75 Å². The Labute approximate surface area is 71.8 Å². The van der Waals surface area contributed by atoms with Gasteiger partial charge >= 0.3 is 0 Å². The number of aliphatic hydroxyl groups excluding tert-OH is 1. The van der Waals surface area contributed by atoms with Gasteiger partial charge in [0.15, 0.2) is 0 Å². The quantitative estimate of drug-likeness (QED) is 0.667. The number of hydrogen-bond acceptors (Lipinski definition) is 2. The average Bonchev–Trinajstić information content (AvgIpc) is 2.16. The van der Waals surface area contributed by atoms with Gasteiger partial charge in [0.05, 0.1) is 12.7 Å². The molecule has 12 heavy (non-hydrogen) atoms. The molecule has 2 nitrogen and oxygen atoms in total. The highest BCUT2D eigenvalue weighted by atomic mass is 16.5. The smallest absolute Gasteiger partial charge is 0.140 e. The molecule has 1 aromatic rings. The van der Waals surface area contributed by atoms with Gasteiger partial charge in [-0.25, -0.2) is 0 Å². The molecule has 1 radical (unpaired) electrons. The molecule has 0 aliphatic carbocycles. The summed E-state index contributed by atoms with van der Waals surface area (Å²) in [6.07, 6.45) is 5.22. The Morgan fingerprint density at radius 2 is 2.33 bits per heavy atom. The van der Waals surface area contributed by atoms with Gasteiger partial charge in [0.1, 0.15) is 12.4 Å². The molecular weight excluding hydrogens is 152 g/mol. The largest absolute Gasteiger partial charge is 0.495 e. The molecule has 61 valence electrons. The van der Waals surface area contributed by atoms with E-state index in [1.54, 1.807) is 18.2 Å². The van der Waals surface area contributed by atoms with Crippen molar-refractivity contribution in [3.8, 4) is 18.1 Å². The highest BCUT2D eigenvalue weighted by Gasteiger charge is 2.05. The molecule has 0 aromatic heterocycles. The van der Waals surface area contributed by atoms with E-state index in [9.17, 15) is 0 Å². The Kier molecular flexibility index (Phi) is 2.73. The van der Waals surface area contributed by atoms with Gasteiger partial charge in [-0.2, -0.15) is 0 Å². The van der Waals surface area contributed by atoms with Crippen LogP contribution in [0.25, 0.3) is 0 Å². The minimum atomic E-state index is 0.530. The minimum absolute atomic E-state index is 0.530. The maximum absolute atomic E-state index is 8.80. The van der Waals surface area contributed by atoms with Crippen LogP contribution in [0.15, 0.2) is 18.2 Å². The lowest BCUT2D eigenvalue weighted by molar-refractivity contribution is 0.383. The van der Waals surface area contributed by atoms with E-state index >= 15 is 0 Å². The van der Waals surface area contributed by atoms with E-state index in [-0.39, 0.29) is 0 Å². The van der Waals surface area contributed by atoms with Crippen molar-refractivity contribution >= 4 is 0 Å². The molecule has 0 heterocycles. The molecule has 1 rings (SSSR count). The zero-order valence-electron chi connectivity index (χ0n) is 6.74. The highest BCUT2D eigenvalue weighted by molar-refractivity contribution is 5.51. The Bertz CT molecular complexity index is 310. The highest BCUT2D eigenvalue weighted by Crippen LogP contribution is 2.23. The number of aliphatic hydroxyl groups is 1. The Hall–Kier alpha value is -1.46. The first kappa shape index (κ1) is 8.63. The summed E-state index contributed by atoms with van der Waals surface area (Å²) in [6.45, 7) is 0.972. The second kappa shape index (κ2) is 3.80. The third-order valence-corrected chi connectivity index (χ3v) is 1.54. The fraction of sp³-hybridized carbons (Fsp3) is 0.100. The van der Waals surface area contributed by atoms with Crippen LogP contribution in [0.2, 0.25) is 0 Å². The first-order chi connectivity index (χ1) is 5.83. The molecule has 0 aliphatic heterocycles. The molecule has 0 saturated carbocycles. The maximum atomic E-state index is 8.80. The number of hydrogen-bond donors (Lipinski definition) is 1. The summed E-state index contributed by atoms with van der Waals surface area (Å²) in [6, 6.07) is 5.24. The average molecular weight is 161 g/mol. The standard InChI is InChI=1S/C10H9O2/c1-3-8-5-4-6-9(7-11)10(8)12-2/h1,4-7,11H,2H3. The number of terminal acetylenes is 1. The first-order valence-electron chi connectivity index (χ1n) is 3.44. The number of rotatable bonds is 2. The molecular formula is C10H9O2. The van der Waals surface area contributed by atoms with E-state index in [1.165, 1.54) is 7.11 Å². The number of methoxy groups -OCH3 is 1. The van der Waals surface area contributed by atoms with Crippen LogP contribution in [-0.4, -0.2) is 12.2 Å². The normalized spacial score (nSPS) is 9.08. The topological polar surface area (TPSA) is 29.5 Å². The fourth-order valence-electron chi connectivity index (χ4n) is 0.998. The van der Waals surface area contributed by atoms with Gasteiger partial charge in [0.25, 0.3) is 0 Å². The first-order valence-corrected chi connectivity index (χ1v) is 3.44. The zero-order valence-corrected chi connectivity index (χ0v) is 6.74. The third-order valence-electron chi connectivity index (χ3n) is 1.54. The van der Waals surface area contributed by atoms with E-state index < -0.39 is 0 Å². The van der Waals surface area contributed by atoms with Crippen LogP contribution in [0.3, 0.4) is 0 Å². The van der Waals surface area contributed by atoms with Crippen LogP contribution < -0.4 is 4.74 Å². The molecule has 1 N–H and O–H groups in total.